The second-order valence-electron chi connectivity index (χ2n) is 9.71. The molecule has 4 N–H and O–H groups in total. The van der Waals surface area contributed by atoms with Crippen LogP contribution in [0, 0.1) is 20.8 Å². The van der Waals surface area contributed by atoms with E-state index in [-0.39, 0.29) is 5.91 Å². The highest BCUT2D eigenvalue weighted by atomic mass is 32.1. The molecule has 1 aromatic heterocycles. The molecule has 0 saturated heterocycles. The number of anilines is 1. The summed E-state index contributed by atoms with van der Waals surface area (Å²) in [5.41, 5.74) is 8.20. The summed E-state index contributed by atoms with van der Waals surface area (Å²) in [5.74, 6) is -0.737. The molecule has 0 saturated carbocycles. The van der Waals surface area contributed by atoms with Crippen molar-refractivity contribution >= 4 is 34.4 Å². The fourth-order valence-corrected chi connectivity index (χ4v) is 5.02. The molecular formula is C29H36N4O4S. The first kappa shape index (κ1) is 29.2. The third kappa shape index (κ3) is 8.32. The number of aliphatic hydroxyl groups excluding tert-OH is 2. The fraction of sp³-hybridized carbons (Fsp3) is 0.345. The molecule has 202 valence electrons. The van der Waals surface area contributed by atoms with Gasteiger partial charge in [0.1, 0.15) is 5.00 Å². The number of nitrogens with one attached hydrogen (secondary N) is 2. The Bertz CT molecular complexity index is 1290. The van der Waals surface area contributed by atoms with Crippen LogP contribution in [0.5, 0.6) is 0 Å². The van der Waals surface area contributed by atoms with Crippen LogP contribution in [-0.2, 0) is 6.54 Å². The molecule has 1 heterocycles. The number of hydrogen-bond acceptors (Lipinski definition) is 7. The van der Waals surface area contributed by atoms with E-state index in [0.717, 1.165) is 22.3 Å². The molecule has 2 aromatic carbocycles. The van der Waals surface area contributed by atoms with Gasteiger partial charge in [-0.15, -0.1) is 11.3 Å². The molecule has 0 radical (unpaired) electrons. The summed E-state index contributed by atoms with van der Waals surface area (Å²) in [6.45, 7) is 10.5. The van der Waals surface area contributed by atoms with E-state index in [1.165, 1.54) is 16.9 Å². The van der Waals surface area contributed by atoms with Crippen molar-refractivity contribution in [2.75, 3.05) is 18.4 Å². The summed E-state index contributed by atoms with van der Waals surface area (Å²) in [6.07, 6.45) is 0.503. The standard InChI is InChI=1S/C29H36N4O4S/c1-18-9-10-23(11-19(18)2)13-30-32-28(37)26-20(3)17-38-29(26)31-27(36)25-8-6-7-24(12-25)16-33(14-21(4)34)15-22(5)35/h6-13,17,21-22,34-35H,14-16H2,1-5H3,(H,31,36)(H,32,37). The van der Waals surface area contributed by atoms with Crippen LogP contribution in [0.1, 0.15) is 62.4 Å². The summed E-state index contributed by atoms with van der Waals surface area (Å²) in [4.78, 5) is 27.9. The molecule has 2 atom stereocenters. The molecule has 0 aliphatic heterocycles. The quantitative estimate of drug-likeness (QED) is 0.216. The summed E-state index contributed by atoms with van der Waals surface area (Å²) >= 11 is 1.28. The highest BCUT2D eigenvalue weighted by Crippen LogP contribution is 2.28. The minimum atomic E-state index is -0.544. The van der Waals surface area contributed by atoms with E-state index in [9.17, 15) is 19.8 Å². The summed E-state index contributed by atoms with van der Waals surface area (Å²) in [6, 6.07) is 13.1. The Labute approximate surface area is 228 Å². The maximum atomic E-state index is 13.1. The van der Waals surface area contributed by atoms with Gasteiger partial charge < -0.3 is 15.5 Å². The number of carbonyl (C=O) groups excluding carboxylic acids is 2. The smallest absolute Gasteiger partial charge is 0.274 e. The minimum absolute atomic E-state index is 0.334. The second-order valence-corrected chi connectivity index (χ2v) is 10.6. The van der Waals surface area contributed by atoms with Crippen molar-refractivity contribution in [2.45, 2.75) is 53.4 Å². The number of aryl methyl sites for hydroxylation is 3. The van der Waals surface area contributed by atoms with Gasteiger partial charge in [-0.3, -0.25) is 14.5 Å². The number of aliphatic hydroxyl groups is 2. The average molecular weight is 537 g/mol. The largest absolute Gasteiger partial charge is 0.392 e. The number of hydrazone groups is 1. The number of nitrogens with zero attached hydrogens (tertiary/aromatic N) is 2. The van der Waals surface area contributed by atoms with Crippen LogP contribution < -0.4 is 10.7 Å². The van der Waals surface area contributed by atoms with Gasteiger partial charge in [0.2, 0.25) is 0 Å². The molecule has 2 unspecified atom stereocenters. The van der Waals surface area contributed by atoms with Crippen molar-refractivity contribution in [3.8, 4) is 0 Å². The summed E-state index contributed by atoms with van der Waals surface area (Å²) in [7, 11) is 0. The van der Waals surface area contributed by atoms with Gasteiger partial charge in [0.05, 0.1) is 24.0 Å². The van der Waals surface area contributed by atoms with E-state index in [4.69, 9.17) is 0 Å². The van der Waals surface area contributed by atoms with E-state index in [1.54, 1.807) is 38.3 Å². The van der Waals surface area contributed by atoms with Gasteiger partial charge in [0.15, 0.2) is 0 Å². The van der Waals surface area contributed by atoms with Gasteiger partial charge in [-0.25, -0.2) is 5.43 Å². The van der Waals surface area contributed by atoms with Crippen LogP contribution >= 0.6 is 11.3 Å². The third-order valence-electron chi connectivity index (χ3n) is 5.98. The molecule has 0 aliphatic rings. The molecule has 38 heavy (non-hydrogen) atoms. The van der Waals surface area contributed by atoms with Crippen molar-refractivity contribution in [1.82, 2.24) is 10.3 Å². The first-order valence-electron chi connectivity index (χ1n) is 12.5. The molecular weight excluding hydrogens is 500 g/mol. The van der Waals surface area contributed by atoms with Crippen LogP contribution in [-0.4, -0.2) is 58.4 Å². The SMILES string of the molecule is Cc1ccc(C=NNC(=O)c2c(C)csc2NC(=O)c2cccc(CN(CC(C)O)CC(C)O)c2)cc1C. The van der Waals surface area contributed by atoms with Crippen molar-refractivity contribution in [1.29, 1.82) is 0 Å². The second kappa shape index (κ2) is 13.4. The zero-order valence-electron chi connectivity index (χ0n) is 22.5. The number of amides is 2. The Kier molecular flexibility index (Phi) is 10.3. The predicted molar refractivity (Wildman–Crippen MR) is 153 cm³/mol. The van der Waals surface area contributed by atoms with Gasteiger partial charge >= 0.3 is 0 Å². The molecule has 3 rings (SSSR count). The van der Waals surface area contributed by atoms with Gasteiger partial charge in [-0.2, -0.15) is 5.10 Å². The fourth-order valence-electron chi connectivity index (χ4n) is 4.08. The van der Waals surface area contributed by atoms with Gasteiger partial charge in [0.25, 0.3) is 11.8 Å². The number of hydrogen-bond donors (Lipinski definition) is 4. The lowest BCUT2D eigenvalue weighted by Crippen LogP contribution is -2.35. The first-order valence-corrected chi connectivity index (χ1v) is 13.4. The van der Waals surface area contributed by atoms with Crippen molar-refractivity contribution in [2.24, 2.45) is 5.10 Å². The molecule has 0 aliphatic carbocycles. The maximum absolute atomic E-state index is 13.1. The molecule has 8 nitrogen and oxygen atoms in total. The van der Waals surface area contributed by atoms with Gasteiger partial charge in [-0.1, -0.05) is 30.3 Å². The lowest BCUT2D eigenvalue weighted by Gasteiger charge is -2.25. The highest BCUT2D eigenvalue weighted by Gasteiger charge is 2.19. The Hall–Kier alpha value is -3.37. The van der Waals surface area contributed by atoms with Crippen LogP contribution in [0.3, 0.4) is 0 Å². The molecule has 9 heteroatoms. The monoisotopic (exact) mass is 536 g/mol. The zero-order chi connectivity index (χ0) is 27.8. The lowest BCUT2D eigenvalue weighted by atomic mass is 10.1. The van der Waals surface area contributed by atoms with E-state index in [0.29, 0.717) is 35.8 Å². The number of rotatable bonds is 11. The molecule has 2 amide bonds. The van der Waals surface area contributed by atoms with E-state index >= 15 is 0 Å². The first-order chi connectivity index (χ1) is 18.0. The van der Waals surface area contributed by atoms with Crippen LogP contribution in [0.25, 0.3) is 0 Å². The van der Waals surface area contributed by atoms with Crippen molar-refractivity contribution in [3.63, 3.8) is 0 Å². The summed E-state index contributed by atoms with van der Waals surface area (Å²) in [5, 5.41) is 28.8. The van der Waals surface area contributed by atoms with Crippen LogP contribution in [0.15, 0.2) is 52.9 Å². The average Bonchev–Trinajstić information content (AvgIpc) is 3.20. The highest BCUT2D eigenvalue weighted by molar-refractivity contribution is 7.15. The predicted octanol–water partition coefficient (Wildman–Crippen LogP) is 4.25. The third-order valence-corrected chi connectivity index (χ3v) is 6.99. The van der Waals surface area contributed by atoms with Crippen LogP contribution in [0.4, 0.5) is 5.00 Å². The molecule has 0 bridgehead atoms. The minimum Gasteiger partial charge on any atom is -0.392 e. The number of carbonyl (C=O) groups is 2. The van der Waals surface area contributed by atoms with Crippen molar-refractivity contribution < 1.29 is 19.8 Å². The Morgan fingerprint density at radius 2 is 1.68 bits per heavy atom. The van der Waals surface area contributed by atoms with E-state index in [2.05, 4.69) is 15.8 Å². The summed E-state index contributed by atoms with van der Waals surface area (Å²) < 4.78 is 0. The molecule has 0 fully saturated rings. The molecule has 0 spiro atoms. The Morgan fingerprint density at radius 1 is 0.974 bits per heavy atom. The van der Waals surface area contributed by atoms with E-state index < -0.39 is 18.1 Å². The zero-order valence-corrected chi connectivity index (χ0v) is 23.3. The lowest BCUT2D eigenvalue weighted by molar-refractivity contribution is 0.0793. The number of benzene rings is 2. The number of thiophene rings is 1. The van der Waals surface area contributed by atoms with Gasteiger partial charge in [0, 0.05) is 25.2 Å². The Balaban J connectivity index is 1.70. The van der Waals surface area contributed by atoms with Gasteiger partial charge in [-0.05, 0) is 79.9 Å². The Morgan fingerprint density at radius 3 is 2.34 bits per heavy atom. The molecule has 3 aromatic rings. The van der Waals surface area contributed by atoms with Crippen molar-refractivity contribution in [3.05, 3.63) is 86.8 Å². The normalized spacial score (nSPS) is 13.1. The van der Waals surface area contributed by atoms with Crippen LogP contribution in [0.2, 0.25) is 0 Å². The maximum Gasteiger partial charge on any atom is 0.274 e. The van der Waals surface area contributed by atoms with E-state index in [1.807, 2.05) is 55.3 Å². The topological polar surface area (TPSA) is 114 Å².